The van der Waals surface area contributed by atoms with Crippen molar-refractivity contribution in [2.75, 3.05) is 0 Å². The zero-order valence-corrected chi connectivity index (χ0v) is 27.9. The zero-order valence-electron chi connectivity index (χ0n) is 27.9. The predicted molar refractivity (Wildman–Crippen MR) is 215 cm³/mol. The minimum absolute atomic E-state index is 0.893. The molecule has 5 heterocycles. The highest BCUT2D eigenvalue weighted by Crippen LogP contribution is 2.46. The standard InChI is InChI=1S/C47H28N4O/c1-3-12-29(13-4-1)49-39-25-23-34-33-22-24-38-43(46(33)51(30-14-5-2-6-15-30)47(34)44(39)45-40(49)19-11-27-48-45)35-17-7-9-18-37(35)50(38)31-21-26-42-36(28-31)32-16-8-10-20-41(32)52-42/h1-28H. The Morgan fingerprint density at radius 1 is 0.365 bits per heavy atom. The maximum atomic E-state index is 6.23. The number of rotatable bonds is 3. The van der Waals surface area contributed by atoms with E-state index < -0.39 is 0 Å². The molecule has 0 fully saturated rings. The minimum Gasteiger partial charge on any atom is -0.456 e. The lowest BCUT2D eigenvalue weighted by Crippen LogP contribution is -1.96. The Kier molecular flexibility index (Phi) is 5.44. The van der Waals surface area contributed by atoms with E-state index in [0.717, 1.165) is 77.5 Å². The number of para-hydroxylation sites is 4. The fraction of sp³-hybridized carbons (Fsp3) is 0. The number of hydrogen-bond acceptors (Lipinski definition) is 2. The van der Waals surface area contributed by atoms with Crippen LogP contribution in [0.2, 0.25) is 0 Å². The number of fused-ring (bicyclic) bond motifs is 14. The molecule has 5 aromatic heterocycles. The van der Waals surface area contributed by atoms with Gasteiger partial charge in [0.2, 0.25) is 0 Å². The number of benzene rings is 7. The molecule has 0 unspecified atom stereocenters. The van der Waals surface area contributed by atoms with Crippen molar-refractivity contribution in [3.8, 4) is 17.1 Å². The van der Waals surface area contributed by atoms with Crippen molar-refractivity contribution in [2.24, 2.45) is 0 Å². The normalized spacial score (nSPS) is 12.2. The summed E-state index contributed by atoms with van der Waals surface area (Å²) in [6.45, 7) is 0. The van der Waals surface area contributed by atoms with Crippen LogP contribution in [0.5, 0.6) is 0 Å². The van der Waals surface area contributed by atoms with Crippen LogP contribution in [0.15, 0.2) is 174 Å². The highest BCUT2D eigenvalue weighted by molar-refractivity contribution is 6.31. The molecule has 12 rings (SSSR count). The van der Waals surface area contributed by atoms with Gasteiger partial charge < -0.3 is 18.1 Å². The molecule has 0 aliphatic heterocycles. The van der Waals surface area contributed by atoms with Crippen LogP contribution >= 0.6 is 0 Å². The molecule has 0 aliphatic rings. The Bertz CT molecular complexity index is 3400. The van der Waals surface area contributed by atoms with Gasteiger partial charge in [0.05, 0.1) is 44.0 Å². The molecular formula is C47H28N4O. The van der Waals surface area contributed by atoms with Crippen molar-refractivity contribution >= 4 is 87.5 Å². The second kappa shape index (κ2) is 10.2. The summed E-state index contributed by atoms with van der Waals surface area (Å²) in [5, 5.41) is 8.23. The molecule has 0 bridgehead atoms. The van der Waals surface area contributed by atoms with Gasteiger partial charge in [0, 0.05) is 55.6 Å². The van der Waals surface area contributed by atoms with Gasteiger partial charge in [-0.05, 0) is 78.9 Å². The number of hydrogen-bond donors (Lipinski definition) is 0. The molecule has 0 saturated heterocycles. The Hall–Kier alpha value is -7.11. The highest BCUT2D eigenvalue weighted by atomic mass is 16.3. The lowest BCUT2D eigenvalue weighted by atomic mass is 10.1. The monoisotopic (exact) mass is 664 g/mol. The summed E-state index contributed by atoms with van der Waals surface area (Å²) >= 11 is 0. The number of nitrogens with zero attached hydrogens (tertiary/aromatic N) is 4. The van der Waals surface area contributed by atoms with E-state index in [0.29, 0.717) is 0 Å². The van der Waals surface area contributed by atoms with Gasteiger partial charge in [0.1, 0.15) is 11.2 Å². The van der Waals surface area contributed by atoms with Crippen LogP contribution in [-0.2, 0) is 0 Å². The molecule has 0 amide bonds. The molecule has 0 saturated carbocycles. The van der Waals surface area contributed by atoms with Crippen LogP contribution in [0.1, 0.15) is 0 Å². The van der Waals surface area contributed by atoms with E-state index in [2.05, 4.69) is 159 Å². The maximum Gasteiger partial charge on any atom is 0.135 e. The first-order valence-corrected chi connectivity index (χ1v) is 17.6. The van der Waals surface area contributed by atoms with Crippen molar-refractivity contribution in [1.82, 2.24) is 18.7 Å². The number of aromatic nitrogens is 4. The smallest absolute Gasteiger partial charge is 0.135 e. The Morgan fingerprint density at radius 2 is 0.962 bits per heavy atom. The van der Waals surface area contributed by atoms with E-state index in [1.54, 1.807) is 0 Å². The van der Waals surface area contributed by atoms with Crippen LogP contribution in [0.25, 0.3) is 105 Å². The van der Waals surface area contributed by atoms with Crippen LogP contribution in [0.3, 0.4) is 0 Å². The summed E-state index contributed by atoms with van der Waals surface area (Å²) in [5.74, 6) is 0. The van der Waals surface area contributed by atoms with Crippen molar-refractivity contribution in [3.63, 3.8) is 0 Å². The Morgan fingerprint density at radius 3 is 1.75 bits per heavy atom. The summed E-state index contributed by atoms with van der Waals surface area (Å²) in [6.07, 6.45) is 1.91. The van der Waals surface area contributed by atoms with E-state index in [1.165, 1.54) is 27.1 Å². The van der Waals surface area contributed by atoms with Crippen LogP contribution in [0.4, 0.5) is 0 Å². The summed E-state index contributed by atoms with van der Waals surface area (Å²) < 4.78 is 13.5. The summed E-state index contributed by atoms with van der Waals surface area (Å²) in [4.78, 5) is 5.06. The predicted octanol–water partition coefficient (Wildman–Crippen LogP) is 12.3. The molecule has 5 nitrogen and oxygen atoms in total. The van der Waals surface area contributed by atoms with Crippen molar-refractivity contribution in [2.45, 2.75) is 0 Å². The topological polar surface area (TPSA) is 40.8 Å². The molecule has 7 aromatic carbocycles. The molecule has 0 atom stereocenters. The lowest BCUT2D eigenvalue weighted by molar-refractivity contribution is 0.669. The number of pyridine rings is 1. The molecular weight excluding hydrogens is 637 g/mol. The van der Waals surface area contributed by atoms with Crippen LogP contribution in [0, 0.1) is 0 Å². The van der Waals surface area contributed by atoms with E-state index >= 15 is 0 Å². The molecule has 52 heavy (non-hydrogen) atoms. The zero-order chi connectivity index (χ0) is 33.9. The van der Waals surface area contributed by atoms with Crippen molar-refractivity contribution < 1.29 is 4.42 Å². The Balaban J connectivity index is 1.28. The van der Waals surface area contributed by atoms with Crippen LogP contribution < -0.4 is 0 Å². The summed E-state index contributed by atoms with van der Waals surface area (Å²) in [6, 6.07) is 58.5. The highest BCUT2D eigenvalue weighted by Gasteiger charge is 2.25. The second-order valence-electron chi connectivity index (χ2n) is 13.6. The first-order chi connectivity index (χ1) is 25.8. The quantitative estimate of drug-likeness (QED) is 0.189. The van der Waals surface area contributed by atoms with Gasteiger partial charge in [-0.1, -0.05) is 84.9 Å². The average molecular weight is 665 g/mol. The SMILES string of the molecule is c1ccc(-n2c3cccnc3c3c2ccc2c4ccc5c(c6ccccc6n5-c5ccc6oc7ccccc7c6c5)c4n(-c4ccccc4)c23)cc1. The molecule has 0 N–H and O–H groups in total. The van der Waals surface area contributed by atoms with Gasteiger partial charge in [-0.15, -0.1) is 0 Å². The lowest BCUT2D eigenvalue weighted by Gasteiger charge is -2.11. The molecule has 5 heteroatoms. The number of furan rings is 1. The van der Waals surface area contributed by atoms with Gasteiger partial charge in [-0.25, -0.2) is 0 Å². The second-order valence-corrected chi connectivity index (χ2v) is 13.6. The molecule has 0 spiro atoms. The van der Waals surface area contributed by atoms with Crippen molar-refractivity contribution in [3.05, 3.63) is 170 Å². The van der Waals surface area contributed by atoms with Crippen LogP contribution in [-0.4, -0.2) is 18.7 Å². The van der Waals surface area contributed by atoms with Gasteiger partial charge in [-0.3, -0.25) is 4.98 Å². The minimum atomic E-state index is 0.893. The third kappa shape index (κ3) is 3.59. The molecule has 12 aromatic rings. The summed E-state index contributed by atoms with van der Waals surface area (Å²) in [5.41, 5.74) is 13.0. The third-order valence-electron chi connectivity index (χ3n) is 10.9. The largest absolute Gasteiger partial charge is 0.456 e. The average Bonchev–Trinajstić information content (AvgIpc) is 3.94. The molecule has 242 valence electrons. The maximum absolute atomic E-state index is 6.23. The Labute approximate surface area is 296 Å². The van der Waals surface area contributed by atoms with Gasteiger partial charge in [-0.2, -0.15) is 0 Å². The van der Waals surface area contributed by atoms with E-state index in [-0.39, 0.29) is 0 Å². The fourth-order valence-corrected chi connectivity index (χ4v) is 8.77. The fourth-order valence-electron chi connectivity index (χ4n) is 8.77. The van der Waals surface area contributed by atoms with Gasteiger partial charge >= 0.3 is 0 Å². The molecule has 0 radical (unpaired) electrons. The van der Waals surface area contributed by atoms with E-state index in [1.807, 2.05) is 24.4 Å². The van der Waals surface area contributed by atoms with Gasteiger partial charge in [0.25, 0.3) is 0 Å². The summed E-state index contributed by atoms with van der Waals surface area (Å²) in [7, 11) is 0. The first kappa shape index (κ1) is 27.7. The van der Waals surface area contributed by atoms with E-state index in [9.17, 15) is 0 Å². The van der Waals surface area contributed by atoms with Gasteiger partial charge in [0.15, 0.2) is 0 Å². The van der Waals surface area contributed by atoms with E-state index in [4.69, 9.17) is 9.40 Å². The third-order valence-corrected chi connectivity index (χ3v) is 10.9. The first-order valence-electron chi connectivity index (χ1n) is 17.6. The molecule has 0 aliphatic carbocycles. The van der Waals surface area contributed by atoms with Crippen molar-refractivity contribution in [1.29, 1.82) is 0 Å².